The number of nitrogens with zero attached hydrogens (tertiary/aromatic N) is 3. The molecule has 0 saturated heterocycles. The first-order valence-electron chi connectivity index (χ1n) is 4.14. The fourth-order valence-corrected chi connectivity index (χ4v) is 1.35. The van der Waals surface area contributed by atoms with Gasteiger partial charge in [0.2, 0.25) is 0 Å². The van der Waals surface area contributed by atoms with E-state index < -0.39 is 0 Å². The van der Waals surface area contributed by atoms with Crippen LogP contribution in [0.5, 0.6) is 0 Å². The molecular formula is C10H7N3O. The lowest BCUT2D eigenvalue weighted by Gasteiger charge is -2.03. The molecule has 0 unspecified atom stereocenters. The van der Waals surface area contributed by atoms with Crippen LogP contribution in [0.3, 0.4) is 0 Å². The zero-order valence-electron chi connectivity index (χ0n) is 7.34. The summed E-state index contributed by atoms with van der Waals surface area (Å²) in [4.78, 5) is 15.4. The molecule has 0 amide bonds. The maximum atomic E-state index is 11.4. The summed E-state index contributed by atoms with van der Waals surface area (Å²) in [6.45, 7) is 0.0574. The third-order valence-corrected chi connectivity index (χ3v) is 1.98. The van der Waals surface area contributed by atoms with Crippen LogP contribution in [-0.4, -0.2) is 9.55 Å². The Morgan fingerprint density at radius 3 is 3.00 bits per heavy atom. The lowest BCUT2D eigenvalue weighted by atomic mass is 10.3. The molecule has 1 aromatic carbocycles. The minimum Gasteiger partial charge on any atom is -0.292 e. The molecule has 14 heavy (non-hydrogen) atoms. The zero-order chi connectivity index (χ0) is 9.97. The van der Waals surface area contributed by atoms with Crippen molar-refractivity contribution in [1.29, 1.82) is 5.26 Å². The van der Waals surface area contributed by atoms with Crippen molar-refractivity contribution >= 4 is 11.0 Å². The first-order chi connectivity index (χ1) is 6.83. The van der Waals surface area contributed by atoms with E-state index in [1.54, 1.807) is 6.07 Å². The SMILES string of the molecule is N#CCn1c(=O)cnc2ccccc21. The average Bonchev–Trinajstić information content (AvgIpc) is 2.23. The van der Waals surface area contributed by atoms with Gasteiger partial charge in [-0.25, -0.2) is 4.98 Å². The van der Waals surface area contributed by atoms with Gasteiger partial charge in [0.25, 0.3) is 5.56 Å². The van der Waals surface area contributed by atoms with Gasteiger partial charge in [-0.2, -0.15) is 5.26 Å². The third kappa shape index (κ3) is 1.25. The van der Waals surface area contributed by atoms with Gasteiger partial charge >= 0.3 is 0 Å². The molecule has 0 N–H and O–H groups in total. The molecule has 0 fully saturated rings. The van der Waals surface area contributed by atoms with Gasteiger partial charge in [0.15, 0.2) is 0 Å². The predicted molar refractivity (Wildman–Crippen MR) is 51.6 cm³/mol. The highest BCUT2D eigenvalue weighted by Crippen LogP contribution is 2.07. The topological polar surface area (TPSA) is 58.7 Å². The van der Waals surface area contributed by atoms with Gasteiger partial charge in [0.05, 0.1) is 23.3 Å². The van der Waals surface area contributed by atoms with Crippen molar-refractivity contribution in [2.24, 2.45) is 0 Å². The smallest absolute Gasteiger partial charge is 0.270 e. The molecule has 4 heteroatoms. The summed E-state index contributed by atoms with van der Waals surface area (Å²) in [5.74, 6) is 0. The molecule has 0 aliphatic heterocycles. The number of fused-ring (bicyclic) bond motifs is 1. The van der Waals surface area contributed by atoms with Crippen LogP contribution in [0.15, 0.2) is 35.3 Å². The molecule has 2 rings (SSSR count). The summed E-state index contributed by atoms with van der Waals surface area (Å²) in [6, 6.07) is 9.20. The van der Waals surface area contributed by atoms with Crippen LogP contribution in [-0.2, 0) is 6.54 Å². The summed E-state index contributed by atoms with van der Waals surface area (Å²) in [5.41, 5.74) is 1.18. The lowest BCUT2D eigenvalue weighted by molar-refractivity contribution is 0.817. The Kier molecular flexibility index (Phi) is 1.99. The second-order valence-corrected chi connectivity index (χ2v) is 2.83. The number of para-hydroxylation sites is 2. The Hall–Kier alpha value is -2.15. The van der Waals surface area contributed by atoms with Crippen molar-refractivity contribution in [2.75, 3.05) is 0 Å². The summed E-state index contributed by atoms with van der Waals surface area (Å²) < 4.78 is 1.41. The minimum atomic E-state index is -0.245. The van der Waals surface area contributed by atoms with Crippen molar-refractivity contribution in [2.45, 2.75) is 6.54 Å². The molecule has 0 bridgehead atoms. The first kappa shape index (κ1) is 8.45. The fourth-order valence-electron chi connectivity index (χ4n) is 1.35. The highest BCUT2D eigenvalue weighted by molar-refractivity contribution is 5.74. The summed E-state index contributed by atoms with van der Waals surface area (Å²) in [7, 11) is 0. The Bertz CT molecular complexity index is 565. The molecule has 2 aromatic rings. The van der Waals surface area contributed by atoms with Crippen LogP contribution in [0.4, 0.5) is 0 Å². The van der Waals surface area contributed by atoms with Gasteiger partial charge in [-0.3, -0.25) is 9.36 Å². The maximum absolute atomic E-state index is 11.4. The van der Waals surface area contributed by atoms with Crippen LogP contribution < -0.4 is 5.56 Å². The van der Waals surface area contributed by atoms with E-state index in [0.717, 1.165) is 5.52 Å². The Balaban J connectivity index is 2.84. The van der Waals surface area contributed by atoms with E-state index in [4.69, 9.17) is 5.26 Å². The maximum Gasteiger partial charge on any atom is 0.270 e. The standard InChI is InChI=1S/C10H7N3O/c11-5-6-13-9-4-2-1-3-8(9)12-7-10(13)14/h1-4,7H,6H2. The molecule has 0 aliphatic carbocycles. The predicted octanol–water partition coefficient (Wildman–Crippen LogP) is 0.920. The van der Waals surface area contributed by atoms with Gasteiger partial charge in [-0.05, 0) is 12.1 Å². The number of hydrogen-bond acceptors (Lipinski definition) is 3. The van der Waals surface area contributed by atoms with E-state index in [2.05, 4.69) is 4.98 Å². The molecule has 68 valence electrons. The summed E-state index contributed by atoms with van der Waals surface area (Å²) >= 11 is 0. The van der Waals surface area contributed by atoms with Crippen molar-refractivity contribution in [3.63, 3.8) is 0 Å². The van der Waals surface area contributed by atoms with Gasteiger partial charge in [0.1, 0.15) is 6.54 Å². The number of rotatable bonds is 1. The second-order valence-electron chi connectivity index (χ2n) is 2.83. The lowest BCUT2D eigenvalue weighted by Crippen LogP contribution is -2.19. The Labute approximate surface area is 80.0 Å². The molecule has 1 aromatic heterocycles. The quantitative estimate of drug-likeness (QED) is 0.663. The molecule has 4 nitrogen and oxygen atoms in total. The van der Waals surface area contributed by atoms with E-state index in [1.807, 2.05) is 24.3 Å². The highest BCUT2D eigenvalue weighted by Gasteiger charge is 2.01. The molecule has 0 radical (unpaired) electrons. The van der Waals surface area contributed by atoms with Gasteiger partial charge < -0.3 is 0 Å². The monoisotopic (exact) mass is 185 g/mol. The largest absolute Gasteiger partial charge is 0.292 e. The van der Waals surface area contributed by atoms with Crippen molar-refractivity contribution in [1.82, 2.24) is 9.55 Å². The van der Waals surface area contributed by atoms with Crippen LogP contribution in [0, 0.1) is 11.3 Å². The minimum absolute atomic E-state index is 0.0574. The molecular weight excluding hydrogens is 178 g/mol. The van der Waals surface area contributed by atoms with Crippen molar-refractivity contribution in [3.8, 4) is 6.07 Å². The van der Waals surface area contributed by atoms with E-state index in [1.165, 1.54) is 10.8 Å². The zero-order valence-corrected chi connectivity index (χ0v) is 7.34. The molecule has 0 saturated carbocycles. The van der Waals surface area contributed by atoms with E-state index in [-0.39, 0.29) is 12.1 Å². The van der Waals surface area contributed by atoms with Gasteiger partial charge in [-0.1, -0.05) is 12.1 Å². The second kappa shape index (κ2) is 3.30. The van der Waals surface area contributed by atoms with Crippen LogP contribution in [0.25, 0.3) is 11.0 Å². The molecule has 0 spiro atoms. The number of hydrogen-bond donors (Lipinski definition) is 0. The van der Waals surface area contributed by atoms with Gasteiger partial charge in [-0.15, -0.1) is 0 Å². The van der Waals surface area contributed by atoms with Crippen LogP contribution >= 0.6 is 0 Å². The van der Waals surface area contributed by atoms with Crippen molar-refractivity contribution < 1.29 is 0 Å². The Morgan fingerprint density at radius 1 is 1.43 bits per heavy atom. The molecule has 0 atom stereocenters. The number of benzene rings is 1. The van der Waals surface area contributed by atoms with E-state index >= 15 is 0 Å². The number of aromatic nitrogens is 2. The normalized spacial score (nSPS) is 9.93. The van der Waals surface area contributed by atoms with Crippen LogP contribution in [0.2, 0.25) is 0 Å². The highest BCUT2D eigenvalue weighted by atomic mass is 16.1. The van der Waals surface area contributed by atoms with E-state index in [0.29, 0.717) is 5.52 Å². The summed E-state index contributed by atoms with van der Waals surface area (Å²) in [5, 5.41) is 8.57. The van der Waals surface area contributed by atoms with Crippen LogP contribution in [0.1, 0.15) is 0 Å². The summed E-state index contributed by atoms with van der Waals surface area (Å²) in [6.07, 6.45) is 1.24. The Morgan fingerprint density at radius 2 is 2.21 bits per heavy atom. The number of nitriles is 1. The molecule has 1 heterocycles. The molecule has 0 aliphatic rings. The first-order valence-corrected chi connectivity index (χ1v) is 4.14. The average molecular weight is 185 g/mol. The third-order valence-electron chi connectivity index (χ3n) is 1.98. The van der Waals surface area contributed by atoms with E-state index in [9.17, 15) is 4.79 Å². The van der Waals surface area contributed by atoms with Gasteiger partial charge in [0, 0.05) is 0 Å². The fraction of sp³-hybridized carbons (Fsp3) is 0.100. The van der Waals surface area contributed by atoms with Crippen molar-refractivity contribution in [3.05, 3.63) is 40.8 Å².